The average molecular weight is 644 g/mol. The lowest BCUT2D eigenvalue weighted by Gasteiger charge is -2.15. The quantitative estimate of drug-likeness (QED) is 0.146. The molecule has 0 fully saturated rings. The highest BCUT2D eigenvalue weighted by Gasteiger charge is 2.16. The van der Waals surface area contributed by atoms with Crippen molar-refractivity contribution >= 4 is 79.8 Å². The second-order valence-corrected chi connectivity index (χ2v) is 16.8. The van der Waals surface area contributed by atoms with Crippen LogP contribution in [0.3, 0.4) is 0 Å². The van der Waals surface area contributed by atoms with Gasteiger partial charge in [-0.15, -0.1) is 11.8 Å². The summed E-state index contributed by atoms with van der Waals surface area (Å²) in [5, 5.41) is 0. The van der Waals surface area contributed by atoms with Crippen LogP contribution in [0.1, 0.15) is 53.9 Å². The van der Waals surface area contributed by atoms with Crippen LogP contribution in [-0.4, -0.2) is 12.0 Å². The highest BCUT2D eigenvalue weighted by atomic mass is 127. The van der Waals surface area contributed by atoms with E-state index in [4.69, 9.17) is 0 Å². The summed E-state index contributed by atoms with van der Waals surface area (Å²) in [6.07, 6.45) is 2.93. The lowest BCUT2D eigenvalue weighted by atomic mass is 9.88. The lowest BCUT2D eigenvalue weighted by Crippen LogP contribution is -2.16. The monoisotopic (exact) mass is 644 g/mol. The first kappa shape index (κ1) is 25.3. The van der Waals surface area contributed by atoms with Gasteiger partial charge in [-0.05, 0) is 24.7 Å². The minimum atomic E-state index is 0.0427. The van der Waals surface area contributed by atoms with E-state index >= 15 is 0 Å². The van der Waals surface area contributed by atoms with E-state index in [2.05, 4.69) is 107 Å². The zero-order chi connectivity index (χ0) is 17.7. The van der Waals surface area contributed by atoms with Gasteiger partial charge < -0.3 is 4.79 Å². The van der Waals surface area contributed by atoms with Gasteiger partial charge in [-0.1, -0.05) is 95.5 Å². The topological polar surface area (TPSA) is 34.1 Å². The van der Waals surface area contributed by atoms with Crippen LogP contribution in [0.25, 0.3) is 0 Å². The van der Waals surface area contributed by atoms with Crippen LogP contribution in [0.5, 0.6) is 0 Å². The molecule has 0 aromatic rings. The minimum Gasteiger partial charge on any atom is -0.303 e. The van der Waals surface area contributed by atoms with Gasteiger partial charge in [0.05, 0.1) is 0 Å². The first-order valence-corrected chi connectivity index (χ1v) is 11.2. The molecule has 0 radical (unpaired) electrons. The Hall–Kier alpha value is 1.09. The summed E-state index contributed by atoms with van der Waals surface area (Å²) in [5.74, 6) is 7.64. The number of hydrogen-bond donors (Lipinski definition) is 0. The van der Waals surface area contributed by atoms with E-state index in [0.29, 0.717) is 30.6 Å². The van der Waals surface area contributed by atoms with Gasteiger partial charge in [0.25, 0.3) is 0 Å². The number of Topliss-reactive ketones (excluding diaryl/α,β-unsaturated/α-hetero) is 1. The van der Waals surface area contributed by atoms with E-state index in [1.54, 1.807) is 6.92 Å². The summed E-state index contributed by atoms with van der Waals surface area (Å²) in [6, 6.07) is 0. The van der Waals surface area contributed by atoms with Crippen LogP contribution in [0.2, 0.25) is 0 Å². The molecule has 0 amide bonds. The SMILES string of the molecule is CC(=O)[C@@H](CC#CC[C@H](CC=O)C(C)C)C(C)C.IC(I)I. The molecule has 128 valence electrons. The van der Waals surface area contributed by atoms with Gasteiger partial charge in [-0.3, -0.25) is 4.79 Å². The van der Waals surface area contributed by atoms with Crippen molar-refractivity contribution in [3.05, 3.63) is 0 Å². The first-order chi connectivity index (χ1) is 10.1. The molecule has 22 heavy (non-hydrogen) atoms. The minimum absolute atomic E-state index is 0.0427. The van der Waals surface area contributed by atoms with Gasteiger partial charge in [0, 0.05) is 25.2 Å². The van der Waals surface area contributed by atoms with E-state index < -0.39 is 0 Å². The summed E-state index contributed by atoms with van der Waals surface area (Å²) in [6.45, 7) is 9.97. The molecule has 0 aromatic heterocycles. The molecule has 0 heterocycles. The van der Waals surface area contributed by atoms with Gasteiger partial charge in [-0.25, -0.2) is 0 Å². The summed E-state index contributed by atoms with van der Waals surface area (Å²) < 4.78 is 0.743. The smallest absolute Gasteiger partial charge is 0.134 e. The molecule has 0 aliphatic carbocycles. The Kier molecular flexibility index (Phi) is 18.0. The molecule has 0 aliphatic rings. The molecule has 0 unspecified atom stereocenters. The fourth-order valence-corrected chi connectivity index (χ4v) is 1.95. The molecule has 0 saturated heterocycles. The standard InChI is InChI=1S/C16H26O2.CHI3/c1-12(2)15(10-11-17)8-6-7-9-16(13(3)4)14(5)18;2-1(3)4/h11-13,15-16H,8-10H2,1-5H3;1H/t15-,16+;/m1./s1. The van der Waals surface area contributed by atoms with Crippen molar-refractivity contribution in [1.82, 2.24) is 0 Å². The molecule has 2 atom stereocenters. The van der Waals surface area contributed by atoms with Gasteiger partial charge in [0.2, 0.25) is 0 Å². The Morgan fingerprint density at radius 1 is 1.00 bits per heavy atom. The van der Waals surface area contributed by atoms with E-state index in [1.807, 2.05) is 0 Å². The Morgan fingerprint density at radius 2 is 1.45 bits per heavy atom. The molecule has 0 aromatic carbocycles. The summed E-state index contributed by atoms with van der Waals surface area (Å²) in [7, 11) is 0. The molecular weight excluding hydrogens is 617 g/mol. The Morgan fingerprint density at radius 3 is 1.77 bits per heavy atom. The lowest BCUT2D eigenvalue weighted by molar-refractivity contribution is -0.121. The zero-order valence-corrected chi connectivity index (χ0v) is 20.5. The number of carbonyl (C=O) groups excluding carboxylic acids is 2. The van der Waals surface area contributed by atoms with Crippen LogP contribution >= 0.6 is 67.8 Å². The summed E-state index contributed by atoms with van der Waals surface area (Å²) in [4.78, 5) is 22.0. The third kappa shape index (κ3) is 16.0. The maximum Gasteiger partial charge on any atom is 0.134 e. The normalized spacial score (nSPS) is 13.0. The number of ketones is 1. The van der Waals surface area contributed by atoms with Crippen molar-refractivity contribution in [3.63, 3.8) is 0 Å². The van der Waals surface area contributed by atoms with E-state index in [0.717, 1.165) is 12.6 Å². The first-order valence-electron chi connectivity index (χ1n) is 7.45. The van der Waals surface area contributed by atoms with Crippen LogP contribution in [0, 0.1) is 35.5 Å². The predicted octanol–water partition coefficient (Wildman–Crippen LogP) is 6.07. The second kappa shape index (κ2) is 15.6. The fourth-order valence-electron chi connectivity index (χ4n) is 1.95. The van der Waals surface area contributed by atoms with Gasteiger partial charge in [-0.2, -0.15) is 0 Å². The van der Waals surface area contributed by atoms with E-state index in [9.17, 15) is 9.59 Å². The van der Waals surface area contributed by atoms with Crippen molar-refractivity contribution in [3.8, 4) is 11.8 Å². The van der Waals surface area contributed by atoms with Crippen LogP contribution in [0.15, 0.2) is 0 Å². The highest BCUT2D eigenvalue weighted by Crippen LogP contribution is 2.18. The highest BCUT2D eigenvalue weighted by molar-refractivity contribution is 14.3. The van der Waals surface area contributed by atoms with Crippen molar-refractivity contribution in [2.45, 2.75) is 53.8 Å². The molecule has 2 nitrogen and oxygen atoms in total. The number of alkyl halides is 3. The van der Waals surface area contributed by atoms with Crippen LogP contribution in [-0.2, 0) is 9.59 Å². The maximum atomic E-state index is 11.4. The zero-order valence-electron chi connectivity index (χ0n) is 14.0. The summed E-state index contributed by atoms with van der Waals surface area (Å²) in [5.41, 5.74) is 0. The Balaban J connectivity index is 0. The van der Waals surface area contributed by atoms with Crippen LogP contribution in [0.4, 0.5) is 0 Å². The van der Waals surface area contributed by atoms with Crippen molar-refractivity contribution in [1.29, 1.82) is 0 Å². The van der Waals surface area contributed by atoms with E-state index in [-0.39, 0.29) is 11.7 Å². The third-order valence-electron chi connectivity index (χ3n) is 3.48. The van der Waals surface area contributed by atoms with Gasteiger partial charge >= 0.3 is 0 Å². The van der Waals surface area contributed by atoms with Crippen molar-refractivity contribution in [2.24, 2.45) is 23.7 Å². The molecule has 0 rings (SSSR count). The summed E-state index contributed by atoms with van der Waals surface area (Å²) >= 11 is 6.95. The number of carbonyl (C=O) groups is 2. The number of rotatable bonds is 7. The number of halogens is 3. The second-order valence-electron chi connectivity index (χ2n) is 5.88. The van der Waals surface area contributed by atoms with E-state index in [1.165, 1.54) is 0 Å². The molecule has 0 aliphatic heterocycles. The van der Waals surface area contributed by atoms with Gasteiger partial charge in [0.1, 0.15) is 12.0 Å². The molecule has 0 bridgehead atoms. The molecule has 0 saturated carbocycles. The maximum absolute atomic E-state index is 11.4. The third-order valence-corrected chi connectivity index (χ3v) is 3.48. The molecule has 0 N–H and O–H groups in total. The van der Waals surface area contributed by atoms with Crippen LogP contribution < -0.4 is 0 Å². The molecule has 0 spiro atoms. The average Bonchev–Trinajstić information content (AvgIpc) is 2.35. The fraction of sp³-hybridized carbons (Fsp3) is 0.765. The number of hydrogen-bond acceptors (Lipinski definition) is 2. The Labute approximate surface area is 177 Å². The Bertz CT molecular complexity index is 365. The van der Waals surface area contributed by atoms with Gasteiger partial charge in [0.15, 0.2) is 0 Å². The largest absolute Gasteiger partial charge is 0.303 e. The number of aldehydes is 1. The van der Waals surface area contributed by atoms with Crippen molar-refractivity contribution < 1.29 is 9.59 Å². The molecule has 5 heteroatoms. The van der Waals surface area contributed by atoms with Crippen molar-refractivity contribution in [2.75, 3.05) is 0 Å². The predicted molar refractivity (Wildman–Crippen MR) is 121 cm³/mol. The molecular formula is C17H27I3O2.